The van der Waals surface area contributed by atoms with E-state index in [9.17, 15) is 14.9 Å². The number of rotatable bonds is 4. The highest BCUT2D eigenvalue weighted by atomic mass is 35.5. The van der Waals surface area contributed by atoms with Crippen LogP contribution in [0.4, 0.5) is 5.69 Å². The van der Waals surface area contributed by atoms with E-state index < -0.39 is 4.92 Å². The number of benzene rings is 1. The first-order valence-corrected chi connectivity index (χ1v) is 8.85. The maximum atomic E-state index is 12.6. The van der Waals surface area contributed by atoms with Crippen molar-refractivity contribution in [1.29, 1.82) is 0 Å². The Morgan fingerprint density at radius 2 is 1.92 bits per heavy atom. The van der Waals surface area contributed by atoms with Crippen LogP contribution in [0.1, 0.15) is 23.3 Å². The number of halogens is 2. The summed E-state index contributed by atoms with van der Waals surface area (Å²) in [5, 5.41) is 15.3. The molecule has 1 aliphatic heterocycles. The molecule has 1 aromatic carbocycles. The fraction of sp³-hybridized carbons (Fsp3) is 0.375. The number of aromatic nitrogens is 2. The minimum Gasteiger partial charge on any atom is -0.337 e. The molecule has 3 rings (SSSR count). The average molecular weight is 398 g/mol. The molecule has 1 fully saturated rings. The van der Waals surface area contributed by atoms with E-state index in [0.29, 0.717) is 31.2 Å². The van der Waals surface area contributed by atoms with Gasteiger partial charge in [0, 0.05) is 31.4 Å². The van der Waals surface area contributed by atoms with Crippen molar-refractivity contribution in [3.63, 3.8) is 0 Å². The number of non-ortho nitro benzene ring substituents is 1. The van der Waals surface area contributed by atoms with Crippen LogP contribution in [0.15, 0.2) is 24.4 Å². The molecule has 0 bridgehead atoms. The van der Waals surface area contributed by atoms with Crippen LogP contribution in [-0.4, -0.2) is 45.1 Å². The molecule has 0 radical (unpaired) electrons. The van der Waals surface area contributed by atoms with Gasteiger partial charge >= 0.3 is 0 Å². The smallest absolute Gasteiger partial charge is 0.274 e. The van der Waals surface area contributed by atoms with Crippen LogP contribution in [0, 0.1) is 16.0 Å². The Bertz CT molecular complexity index is 823. The van der Waals surface area contributed by atoms with E-state index in [-0.39, 0.29) is 27.3 Å². The normalized spacial score (nSPS) is 15.3. The lowest BCUT2D eigenvalue weighted by molar-refractivity contribution is -0.384. The maximum Gasteiger partial charge on any atom is 0.274 e. The first-order chi connectivity index (χ1) is 12.4. The van der Waals surface area contributed by atoms with E-state index in [1.807, 2.05) is 0 Å². The number of nitro groups is 1. The summed E-state index contributed by atoms with van der Waals surface area (Å²) in [6, 6.07) is 3.97. The van der Waals surface area contributed by atoms with E-state index in [1.165, 1.54) is 16.8 Å². The summed E-state index contributed by atoms with van der Waals surface area (Å²) >= 11 is 12.3. The molecular formula is C16H17Cl2N5O3. The monoisotopic (exact) mass is 397 g/mol. The molecule has 0 unspecified atom stereocenters. The fourth-order valence-electron chi connectivity index (χ4n) is 2.97. The second-order valence-corrected chi connectivity index (χ2v) is 6.95. The molecule has 2 heterocycles. The maximum absolute atomic E-state index is 12.6. The van der Waals surface area contributed by atoms with Crippen LogP contribution in [0.25, 0.3) is 5.69 Å². The van der Waals surface area contributed by atoms with Crippen molar-refractivity contribution in [1.82, 2.24) is 14.7 Å². The van der Waals surface area contributed by atoms with Gasteiger partial charge < -0.3 is 10.6 Å². The third-order valence-corrected chi connectivity index (χ3v) is 5.06. The van der Waals surface area contributed by atoms with E-state index in [2.05, 4.69) is 5.10 Å². The lowest BCUT2D eigenvalue weighted by Crippen LogP contribution is -2.40. The van der Waals surface area contributed by atoms with Crippen molar-refractivity contribution >= 4 is 34.8 Å². The Balaban J connectivity index is 1.82. The second kappa shape index (κ2) is 7.61. The average Bonchev–Trinajstić information content (AvgIpc) is 3.10. The highest BCUT2D eigenvalue weighted by Crippen LogP contribution is 2.33. The zero-order valence-corrected chi connectivity index (χ0v) is 15.3. The topological polar surface area (TPSA) is 107 Å². The Labute approximate surface area is 159 Å². The molecule has 26 heavy (non-hydrogen) atoms. The molecule has 2 aromatic rings. The molecule has 2 N–H and O–H groups in total. The number of nitrogens with zero attached hydrogens (tertiary/aromatic N) is 4. The number of nitrogens with two attached hydrogens (primary N) is 1. The van der Waals surface area contributed by atoms with Crippen LogP contribution >= 0.6 is 23.2 Å². The van der Waals surface area contributed by atoms with Crippen molar-refractivity contribution in [2.75, 3.05) is 19.6 Å². The Morgan fingerprint density at radius 3 is 2.46 bits per heavy atom. The summed E-state index contributed by atoms with van der Waals surface area (Å²) in [7, 11) is 0. The van der Waals surface area contributed by atoms with Crippen LogP contribution < -0.4 is 5.73 Å². The van der Waals surface area contributed by atoms with Gasteiger partial charge in [0.1, 0.15) is 5.69 Å². The Hall–Kier alpha value is -2.16. The lowest BCUT2D eigenvalue weighted by atomic mass is 9.97. The highest BCUT2D eigenvalue weighted by molar-refractivity contribution is 6.38. The third-order valence-electron chi connectivity index (χ3n) is 4.48. The highest BCUT2D eigenvalue weighted by Gasteiger charge is 2.25. The van der Waals surface area contributed by atoms with Gasteiger partial charge in [-0.05, 0) is 31.4 Å². The van der Waals surface area contributed by atoms with Gasteiger partial charge in [0.25, 0.3) is 11.6 Å². The first-order valence-electron chi connectivity index (χ1n) is 8.09. The molecule has 0 atom stereocenters. The minimum absolute atomic E-state index is 0.0788. The van der Waals surface area contributed by atoms with Crippen molar-refractivity contribution in [2.24, 2.45) is 11.7 Å². The summed E-state index contributed by atoms with van der Waals surface area (Å²) in [6.07, 6.45) is 3.31. The summed E-state index contributed by atoms with van der Waals surface area (Å²) in [5.41, 5.74) is 6.02. The van der Waals surface area contributed by atoms with Crippen molar-refractivity contribution < 1.29 is 9.72 Å². The summed E-state index contributed by atoms with van der Waals surface area (Å²) < 4.78 is 1.36. The van der Waals surface area contributed by atoms with E-state index in [1.54, 1.807) is 17.2 Å². The Morgan fingerprint density at radius 1 is 1.31 bits per heavy atom. The number of nitro benzene ring substituents is 1. The predicted molar refractivity (Wildman–Crippen MR) is 97.9 cm³/mol. The zero-order chi connectivity index (χ0) is 18.8. The van der Waals surface area contributed by atoms with Gasteiger partial charge in [0.15, 0.2) is 5.69 Å². The predicted octanol–water partition coefficient (Wildman–Crippen LogP) is 2.90. The summed E-state index contributed by atoms with van der Waals surface area (Å²) in [6.45, 7) is 1.92. The number of hydrogen-bond acceptors (Lipinski definition) is 5. The molecule has 10 heteroatoms. The van der Waals surface area contributed by atoms with Gasteiger partial charge in [-0.15, -0.1) is 0 Å². The molecule has 1 saturated heterocycles. The molecule has 1 aromatic heterocycles. The van der Waals surface area contributed by atoms with Gasteiger partial charge in [0.05, 0.1) is 15.0 Å². The number of carbonyl (C=O) groups excluding carboxylic acids is 1. The van der Waals surface area contributed by atoms with Crippen molar-refractivity contribution in [3.05, 3.63) is 50.2 Å². The summed E-state index contributed by atoms with van der Waals surface area (Å²) in [5.74, 6) is 0.280. The molecule has 138 valence electrons. The minimum atomic E-state index is -0.579. The van der Waals surface area contributed by atoms with Crippen LogP contribution in [0.3, 0.4) is 0 Å². The largest absolute Gasteiger partial charge is 0.337 e. The van der Waals surface area contributed by atoms with Crippen LogP contribution in [0.2, 0.25) is 10.0 Å². The van der Waals surface area contributed by atoms with Gasteiger partial charge in [0.2, 0.25) is 0 Å². The lowest BCUT2D eigenvalue weighted by Gasteiger charge is -2.30. The second-order valence-electron chi connectivity index (χ2n) is 6.13. The van der Waals surface area contributed by atoms with Crippen molar-refractivity contribution in [2.45, 2.75) is 12.8 Å². The third kappa shape index (κ3) is 3.67. The van der Waals surface area contributed by atoms with E-state index in [4.69, 9.17) is 28.9 Å². The SMILES string of the molecule is NCC1CCN(C(=O)c2ccn(-c3c(Cl)cc([N+](=O)[O-])cc3Cl)n2)CC1. The number of piperidine rings is 1. The van der Waals surface area contributed by atoms with Crippen LogP contribution in [0.5, 0.6) is 0 Å². The molecule has 1 amide bonds. The molecule has 1 aliphatic rings. The first kappa shape index (κ1) is 18.6. The van der Waals surface area contributed by atoms with Gasteiger partial charge in [-0.3, -0.25) is 14.9 Å². The summed E-state index contributed by atoms with van der Waals surface area (Å²) in [4.78, 5) is 24.7. The number of hydrogen-bond donors (Lipinski definition) is 1. The van der Waals surface area contributed by atoms with E-state index in [0.717, 1.165) is 12.8 Å². The van der Waals surface area contributed by atoms with Crippen LogP contribution in [-0.2, 0) is 0 Å². The van der Waals surface area contributed by atoms with Crippen molar-refractivity contribution in [3.8, 4) is 5.69 Å². The fourth-order valence-corrected chi connectivity index (χ4v) is 3.62. The zero-order valence-electron chi connectivity index (χ0n) is 13.8. The molecule has 0 aliphatic carbocycles. The molecular weight excluding hydrogens is 381 g/mol. The van der Waals surface area contributed by atoms with Gasteiger partial charge in [-0.2, -0.15) is 5.10 Å². The van der Waals surface area contributed by atoms with E-state index >= 15 is 0 Å². The standard InChI is InChI=1S/C16H17Cl2N5O3/c17-12-7-11(23(25)26)8-13(18)15(12)22-6-3-14(20-22)16(24)21-4-1-10(9-19)2-5-21/h3,6-8,10H,1-2,4-5,9,19H2. The van der Waals surface area contributed by atoms with Gasteiger partial charge in [-0.25, -0.2) is 4.68 Å². The Kier molecular flexibility index (Phi) is 5.45. The number of amides is 1. The quantitative estimate of drug-likeness (QED) is 0.630. The van der Waals surface area contributed by atoms with Gasteiger partial charge in [-0.1, -0.05) is 23.2 Å². The number of carbonyl (C=O) groups is 1. The number of likely N-dealkylation sites (tertiary alicyclic amines) is 1. The molecule has 8 nitrogen and oxygen atoms in total. The molecule has 0 spiro atoms. The molecule has 0 saturated carbocycles.